The molecule has 52 heteroatoms. The summed E-state index contributed by atoms with van der Waals surface area (Å²) in [6.07, 6.45) is -3.83. The maximum atomic E-state index is 11.5. The fourth-order valence-corrected chi connectivity index (χ4v) is 10.7. The SMILES string of the molecule is CC(=O)CCl.CC(=O)CSCCNC(=O)OC(C)(C)C.CC(C)(C)OC(=O)NCCS.CC(C)(C)OC(=O)NCCSCC1(C)NC(=O)NC1=O.CC(C)(C)OC(=O)NCCSC[C@]1(C)NC(=O)NC1=O.CC(C)(C)OC(=O)OC(=O)OC(C)(C)C.CC(N)=NCCSC[C@](C)(N)C(=O)O.CCOC(C)=N.C[C@](N)(CSCCN)C(=O)O.Cl.Cl.Cl.NCCS.[C-]#N.[Na+]. The summed E-state index contributed by atoms with van der Waals surface area (Å²) in [7, 11) is 0. The van der Waals surface area contributed by atoms with Gasteiger partial charge in [-0.2, -0.15) is 84.1 Å². The number of nitrogens with two attached hydrogens (primary N) is 5. The monoisotopic (exact) mass is 2040 g/mol. The number of hydrogen-bond donors (Lipinski definition) is 18. The Balaban J connectivity index is -0.000000105. The number of halogens is 4. The predicted molar refractivity (Wildman–Crippen MR) is 520 cm³/mol. The number of aliphatic imine (C=N–C) groups is 1. The average molecular weight is 2050 g/mol. The van der Waals surface area contributed by atoms with Crippen LogP contribution in [0.5, 0.6) is 0 Å². The van der Waals surface area contributed by atoms with E-state index in [2.05, 4.69) is 82.3 Å². The van der Waals surface area contributed by atoms with E-state index >= 15 is 0 Å². The van der Waals surface area contributed by atoms with Crippen LogP contribution in [-0.2, 0) is 66.7 Å². The van der Waals surface area contributed by atoms with E-state index in [9.17, 15) is 67.1 Å². The number of carboxylic acids is 2. The molecule has 21 N–H and O–H groups in total. The van der Waals surface area contributed by atoms with Crippen molar-refractivity contribution in [1.29, 1.82) is 10.7 Å². The van der Waals surface area contributed by atoms with Gasteiger partial charge >= 0.3 is 90.2 Å². The maximum absolute atomic E-state index is 11.5. The molecule has 10 amide bonds. The second-order valence-electron chi connectivity index (χ2n) is 32.0. The summed E-state index contributed by atoms with van der Waals surface area (Å²) in [6.45, 7) is 55.4. The zero-order valence-electron chi connectivity index (χ0n) is 79.0. The Labute approximate surface area is 830 Å². The minimum atomic E-state index is -1.16. The van der Waals surface area contributed by atoms with Crippen molar-refractivity contribution in [2.75, 3.05) is 127 Å². The van der Waals surface area contributed by atoms with Crippen LogP contribution in [0.25, 0.3) is 0 Å². The van der Waals surface area contributed by atoms with Crippen LogP contribution in [0.3, 0.4) is 0 Å². The number of ether oxygens (including phenoxy) is 8. The number of alkyl carbamates (subject to hydrolysis) is 4. The molecule has 2 rings (SSSR count). The average Bonchev–Trinajstić information content (AvgIpc) is 1.69. The molecule has 2 aliphatic heterocycles. The van der Waals surface area contributed by atoms with Crippen LogP contribution >= 0.6 is 133 Å². The summed E-state index contributed by atoms with van der Waals surface area (Å²) in [4.78, 5) is 157. The summed E-state index contributed by atoms with van der Waals surface area (Å²) in [6, 6.07) is -0.935. The molecule has 0 bridgehead atoms. The first-order valence-corrected chi connectivity index (χ1v) is 45.5. The Morgan fingerprint density at radius 1 is 0.504 bits per heavy atom. The van der Waals surface area contributed by atoms with Gasteiger partial charge in [-0.15, -0.1) is 48.8 Å². The number of aliphatic carboxylic acids is 2. The molecule has 0 saturated carbocycles. The van der Waals surface area contributed by atoms with Crippen molar-refractivity contribution in [3.8, 4) is 0 Å². The number of carboxylic acid groups (broad SMARTS) is 2. The van der Waals surface area contributed by atoms with Gasteiger partial charge in [0.1, 0.15) is 67.3 Å². The minimum absolute atomic E-state index is 0. The Morgan fingerprint density at radius 2 is 0.787 bits per heavy atom. The second-order valence-corrected chi connectivity index (χ2v) is 38.7. The number of carbonyl (C=O) groups is 14. The normalized spacial score (nSPS) is 14.7. The number of hydrogen-bond acceptors (Lipinski definition) is 36. The van der Waals surface area contributed by atoms with Crippen molar-refractivity contribution in [2.45, 2.75) is 243 Å². The van der Waals surface area contributed by atoms with Gasteiger partial charge in [0.15, 0.2) is 5.90 Å². The maximum Gasteiger partial charge on any atom is 1.00 e. The molecule has 4 atom stereocenters. The van der Waals surface area contributed by atoms with Gasteiger partial charge in [0, 0.05) is 116 Å². The zero-order chi connectivity index (χ0) is 98.6. The summed E-state index contributed by atoms with van der Waals surface area (Å²) in [5.74, 6) is 5.57. The molecule has 0 aromatic rings. The van der Waals surface area contributed by atoms with Crippen LogP contribution in [0, 0.1) is 17.2 Å². The van der Waals surface area contributed by atoms with Crippen molar-refractivity contribution in [2.24, 2.45) is 33.7 Å². The molecule has 1 unspecified atom stereocenters. The first-order chi connectivity index (χ1) is 55.8. The summed E-state index contributed by atoms with van der Waals surface area (Å²) >= 11 is 20.1. The molecule has 2 saturated heterocycles. The third-order valence-corrected chi connectivity index (χ3v) is 18.2. The number of Topliss-reactive ketones (excluding diaryl/α,β-unsaturated/α-hetero) is 2. The number of amidine groups is 1. The molecule has 2 heterocycles. The topological polar surface area (TPSA) is 640 Å². The number of alkyl halides is 1. The van der Waals surface area contributed by atoms with E-state index in [4.69, 9.17) is 96.1 Å². The number of carbonyl (C=O) groups excluding carboxylic acids is 12. The van der Waals surface area contributed by atoms with Crippen LogP contribution in [0.2, 0.25) is 0 Å². The first kappa shape index (κ1) is 150. The van der Waals surface area contributed by atoms with Crippen LogP contribution in [0.1, 0.15) is 187 Å². The number of nitrogens with one attached hydrogen (secondary N) is 9. The number of thiol groups is 2. The molecular formula is C75H149Cl4N16NaO24S7. The van der Waals surface area contributed by atoms with Crippen molar-refractivity contribution in [1.82, 2.24) is 42.5 Å². The van der Waals surface area contributed by atoms with Crippen molar-refractivity contribution in [3.05, 3.63) is 6.57 Å². The third-order valence-electron chi connectivity index (χ3n) is 11.1. The van der Waals surface area contributed by atoms with Crippen molar-refractivity contribution < 1.29 is 145 Å². The number of imide groups is 2. The minimum Gasteiger partial charge on any atom is -0.512 e. The molecule has 0 aliphatic carbocycles. The zero-order valence-corrected chi connectivity index (χ0v) is 90.1. The van der Waals surface area contributed by atoms with Gasteiger partial charge in [-0.25, -0.2) is 38.4 Å². The van der Waals surface area contributed by atoms with E-state index in [1.807, 2.05) is 48.5 Å². The summed E-state index contributed by atoms with van der Waals surface area (Å²) in [5, 5.41) is 50.2. The van der Waals surface area contributed by atoms with Gasteiger partial charge in [-0.1, -0.05) is 0 Å². The largest absolute Gasteiger partial charge is 1.00 e. The molecule has 0 aromatic heterocycles. The van der Waals surface area contributed by atoms with Crippen molar-refractivity contribution in [3.63, 3.8) is 0 Å². The molecule has 744 valence electrons. The third kappa shape index (κ3) is 115. The van der Waals surface area contributed by atoms with Crippen LogP contribution in [0.4, 0.5) is 38.4 Å². The number of urea groups is 2. The molecule has 0 spiro atoms. The van der Waals surface area contributed by atoms with E-state index in [0.717, 1.165) is 23.0 Å². The summed E-state index contributed by atoms with van der Waals surface area (Å²) < 4.78 is 38.6. The second kappa shape index (κ2) is 81.6. The van der Waals surface area contributed by atoms with Crippen molar-refractivity contribution >= 4 is 229 Å². The quantitative estimate of drug-likeness (QED) is 0.00277. The number of amides is 10. The van der Waals surface area contributed by atoms with Gasteiger partial charge in [0.2, 0.25) is 0 Å². The Hall–Kier alpha value is -5.14. The molecule has 0 radical (unpaired) electrons. The molecule has 2 aliphatic rings. The van der Waals surface area contributed by atoms with Crippen LogP contribution in [0.15, 0.2) is 4.99 Å². The fourth-order valence-electron chi connectivity index (χ4n) is 6.11. The van der Waals surface area contributed by atoms with E-state index in [1.165, 1.54) is 79.6 Å². The van der Waals surface area contributed by atoms with E-state index < -0.39 is 110 Å². The van der Waals surface area contributed by atoms with Gasteiger partial charge in [0.05, 0.1) is 24.1 Å². The van der Waals surface area contributed by atoms with Gasteiger partial charge in [0.25, 0.3) is 11.8 Å². The Kier molecular flexibility index (Phi) is 96.5. The fraction of sp³-hybridized carbons (Fsp3) is 0.773. The molecular weight excluding hydrogens is 1900 g/mol. The molecule has 2 fully saturated rings. The number of rotatable bonds is 31. The smallest absolute Gasteiger partial charge is 0.512 e. The van der Waals surface area contributed by atoms with Crippen LogP contribution < -0.4 is 101 Å². The van der Waals surface area contributed by atoms with E-state index in [1.54, 1.807) is 118 Å². The molecule has 40 nitrogen and oxygen atoms in total. The predicted octanol–water partition coefficient (Wildman–Crippen LogP) is 7.29. The van der Waals surface area contributed by atoms with Gasteiger partial charge < -0.3 is 121 Å². The Morgan fingerprint density at radius 3 is 0.992 bits per heavy atom. The number of nitrogens with zero attached hydrogens (tertiary/aromatic N) is 2. The summed E-state index contributed by atoms with van der Waals surface area (Å²) in [5.41, 5.74) is 19.1. The van der Waals surface area contributed by atoms with E-state index in [-0.39, 0.29) is 108 Å². The van der Waals surface area contributed by atoms with Gasteiger partial charge in [-0.3, -0.25) is 49.8 Å². The van der Waals surface area contributed by atoms with Gasteiger partial charge in [-0.05, 0) is 180 Å². The molecule has 0 aromatic carbocycles. The van der Waals surface area contributed by atoms with Crippen LogP contribution in [-0.4, -0.2) is 289 Å². The number of thioether (sulfide) groups is 5. The Bertz CT molecular complexity index is 3090. The first-order valence-electron chi connectivity index (χ1n) is 37.9. The molecule has 127 heavy (non-hydrogen) atoms. The van der Waals surface area contributed by atoms with E-state index in [0.29, 0.717) is 104 Å². The number of ketones is 2. The standard InChI is InChI=1S/2C12H21N3O4S.C10H19NO3S.C10H18O5.C8H17N3O2S.C7H15NO2S.C6H14N2O2S.C4H9NO.C3H5ClO.C2H7NS.CN.3ClH.Na/c2*1-11(2,3)19-10(18)13-5-6-20-7-12(4)8(16)14-9(17)15-12;1-8(12)7-15-6-5-11-9(13)14-10(2,3)4;1-9(2,3)14-7(11)13-8(12)15-10(4,5)6;1-6(9)11-3-4-14-5-8(2,10)7(12)13;1-7(2,3)10-6(9)8-4-5-11;1-6(8,5(9)10)4-11-3-2-7;1-3-6-4(2)5;1-3(5)2-4;3-1-2-4;1-2;;;;/h2*5-7H2,1-4H3,(H,13,18)(H2,14,15,16,17);5-7H2,1-4H3,(H,11,13);1-6H3;3-5,10H2,1-2H3,(H2,9,11)(H,12,13);11H,4-5H2,1-3H3,(H,8,9);2-4,7-8H2,1H3,(H,9,10);5H,3H2,1-2H3;2H2,1H3;4H,1-3H2;;3*1H;/q;;;;;;;;;;-1;;;;+1/t12-;;;;8-;;6-;;;;;;;;/m0...0.0......../s1.